The number of nitrogens with two attached hydrogens (primary N) is 2. The van der Waals surface area contributed by atoms with E-state index < -0.39 is 104 Å². The molecule has 0 unspecified atom stereocenters. The molecule has 1 aromatic carbocycles. The third kappa shape index (κ3) is 13.2. The Kier molecular flexibility index (Phi) is 15.6. The van der Waals surface area contributed by atoms with E-state index in [4.69, 9.17) is 16.6 Å². The second-order valence-corrected chi connectivity index (χ2v) is 13.2. The third-order valence-corrected chi connectivity index (χ3v) is 8.94. The lowest BCUT2D eigenvalue weighted by Crippen LogP contribution is -2.57. The van der Waals surface area contributed by atoms with Gasteiger partial charge in [0.25, 0.3) is 0 Å². The van der Waals surface area contributed by atoms with Crippen LogP contribution in [0.2, 0.25) is 0 Å². The van der Waals surface area contributed by atoms with E-state index in [9.17, 15) is 43.2 Å². The summed E-state index contributed by atoms with van der Waals surface area (Å²) < 4.78 is 0. The number of carboxylic acid groups (broad SMARTS) is 1. The molecule has 0 spiro atoms. The molecule has 3 heterocycles. The van der Waals surface area contributed by atoms with E-state index in [1.165, 1.54) is 17.4 Å². The Labute approximate surface area is 325 Å². The minimum absolute atomic E-state index is 0.0914. The van der Waals surface area contributed by atoms with Crippen LogP contribution in [0.25, 0.3) is 10.9 Å². The number of hydrogen-bond donors (Lipinski definition) is 11. The second-order valence-electron chi connectivity index (χ2n) is 13.2. The molecule has 1 fully saturated rings. The molecule has 22 nitrogen and oxygen atoms in total. The predicted octanol–water partition coefficient (Wildman–Crippen LogP) is -4.22. The van der Waals surface area contributed by atoms with Gasteiger partial charge in [-0.2, -0.15) is 0 Å². The van der Waals surface area contributed by atoms with Crippen LogP contribution in [-0.2, 0) is 56.0 Å². The first kappa shape index (κ1) is 42.9. The van der Waals surface area contributed by atoms with Crippen molar-refractivity contribution in [3.05, 3.63) is 54.2 Å². The van der Waals surface area contributed by atoms with E-state index in [1.807, 2.05) is 24.3 Å². The van der Waals surface area contributed by atoms with Gasteiger partial charge in [0.1, 0.15) is 24.7 Å². The molecular weight excluding hydrogens is 748 g/mol. The lowest BCUT2D eigenvalue weighted by atomic mass is 10.1. The van der Waals surface area contributed by atoms with Crippen LogP contribution in [0.3, 0.4) is 0 Å². The predicted molar refractivity (Wildman–Crippen MR) is 199 cm³/mol. The van der Waals surface area contributed by atoms with Gasteiger partial charge in [-0.25, -0.2) is 4.98 Å². The zero-order valence-electron chi connectivity index (χ0n) is 30.8. The highest BCUT2D eigenvalue weighted by molar-refractivity contribution is 5.96. The SMILES string of the molecule is NC(=O)CC[C@H](NC(=O)CNC(=O)[C@@H](N)Cc1c[nH]c2ccccc12)C(=O)N1CCC[C@H]1C(=O)N[C@@H](Cc1cnc[nH]1)C(=O)NCC(=O)NCC(=O)NCC(=O)O. The van der Waals surface area contributed by atoms with Gasteiger partial charge >= 0.3 is 5.97 Å². The fraction of sp³-hybridized carbons (Fsp3) is 0.429. The lowest BCUT2D eigenvalue weighted by molar-refractivity contribution is -0.142. The number of aromatic amines is 2. The van der Waals surface area contributed by atoms with Gasteiger partial charge in [-0.1, -0.05) is 18.2 Å². The van der Waals surface area contributed by atoms with Crippen LogP contribution in [0.4, 0.5) is 0 Å². The van der Waals surface area contributed by atoms with Crippen LogP contribution < -0.4 is 43.4 Å². The van der Waals surface area contributed by atoms with Crippen molar-refractivity contribution < 1.29 is 48.3 Å². The molecule has 57 heavy (non-hydrogen) atoms. The summed E-state index contributed by atoms with van der Waals surface area (Å²) in [4.78, 5) is 124. The molecule has 3 aromatic rings. The van der Waals surface area contributed by atoms with Crippen LogP contribution in [0.5, 0.6) is 0 Å². The third-order valence-electron chi connectivity index (χ3n) is 8.94. The highest BCUT2D eigenvalue weighted by atomic mass is 16.4. The van der Waals surface area contributed by atoms with E-state index >= 15 is 0 Å². The molecule has 1 aliphatic heterocycles. The van der Waals surface area contributed by atoms with Crippen molar-refractivity contribution in [2.45, 2.75) is 62.7 Å². The number of aromatic nitrogens is 3. The standard InChI is InChI=1S/C35H46N12O10/c36-22(10-19-12-39-23-5-2-1-4-21(19)23)32(54)42-16-30(51)45-24(7-8-27(37)48)35(57)47-9-3-6-26(47)34(56)46-25(11-20-13-38-18-44-20)33(55)43-15-29(50)40-14-28(49)41-17-31(52)53/h1-2,4-5,12-13,18,22,24-26,39H,3,6-11,14-17,36H2,(H2,37,48)(H,38,44)(H,40,50)(H,41,49)(H,42,54)(H,43,55)(H,45,51)(H,46,56)(H,52,53)/t22-,24-,25-,26-/m0/s1. The van der Waals surface area contributed by atoms with E-state index in [-0.39, 0.29) is 38.6 Å². The van der Waals surface area contributed by atoms with E-state index in [0.29, 0.717) is 12.1 Å². The van der Waals surface area contributed by atoms with Gasteiger partial charge in [0.2, 0.25) is 47.3 Å². The summed E-state index contributed by atoms with van der Waals surface area (Å²) in [5, 5.41) is 23.8. The quantitative estimate of drug-likeness (QED) is 0.0489. The lowest BCUT2D eigenvalue weighted by Gasteiger charge is -2.29. The Morgan fingerprint density at radius 2 is 1.53 bits per heavy atom. The van der Waals surface area contributed by atoms with Crippen molar-refractivity contribution in [3.8, 4) is 0 Å². The van der Waals surface area contributed by atoms with Gasteiger partial charge in [0.05, 0.1) is 32.0 Å². The van der Waals surface area contributed by atoms with E-state index in [0.717, 1.165) is 16.5 Å². The monoisotopic (exact) mass is 794 g/mol. The molecule has 4 rings (SSSR count). The molecule has 1 aliphatic rings. The molecule has 13 N–H and O–H groups in total. The number of benzene rings is 1. The number of H-pyrrole nitrogens is 2. The largest absolute Gasteiger partial charge is 0.480 e. The number of amides is 8. The Morgan fingerprint density at radius 3 is 2.23 bits per heavy atom. The molecule has 8 amide bonds. The Bertz CT molecular complexity index is 1950. The number of carbonyl (C=O) groups excluding carboxylic acids is 8. The Hall–Kier alpha value is -6.84. The van der Waals surface area contributed by atoms with Crippen LogP contribution in [0.15, 0.2) is 43.0 Å². The maximum atomic E-state index is 13.9. The summed E-state index contributed by atoms with van der Waals surface area (Å²) in [5.74, 6) is -7.10. The number of fused-ring (bicyclic) bond motifs is 1. The van der Waals surface area contributed by atoms with Crippen LogP contribution >= 0.6 is 0 Å². The first-order chi connectivity index (χ1) is 27.2. The highest BCUT2D eigenvalue weighted by Crippen LogP contribution is 2.21. The summed E-state index contributed by atoms with van der Waals surface area (Å²) in [6, 6.07) is 2.85. The van der Waals surface area contributed by atoms with Gasteiger partial charge in [0.15, 0.2) is 0 Å². The van der Waals surface area contributed by atoms with Crippen molar-refractivity contribution in [2.24, 2.45) is 11.5 Å². The van der Waals surface area contributed by atoms with Crippen molar-refractivity contribution in [1.82, 2.24) is 51.8 Å². The van der Waals surface area contributed by atoms with Gasteiger partial charge in [0, 0.05) is 48.4 Å². The van der Waals surface area contributed by atoms with Gasteiger partial charge in [-0.3, -0.25) is 43.2 Å². The molecular formula is C35H46N12O10. The van der Waals surface area contributed by atoms with Gasteiger partial charge in [-0.15, -0.1) is 0 Å². The topological polar surface area (TPSA) is 346 Å². The van der Waals surface area contributed by atoms with Gasteiger partial charge in [-0.05, 0) is 37.3 Å². The minimum Gasteiger partial charge on any atom is -0.480 e. The van der Waals surface area contributed by atoms with Crippen molar-refractivity contribution in [3.63, 3.8) is 0 Å². The zero-order chi connectivity index (χ0) is 41.5. The summed E-state index contributed by atoms with van der Waals surface area (Å²) in [6.07, 6.45) is 4.74. The molecule has 4 atom stereocenters. The molecule has 0 saturated carbocycles. The number of para-hydroxylation sites is 1. The normalized spacial score (nSPS) is 15.1. The first-order valence-corrected chi connectivity index (χ1v) is 18.0. The Balaban J connectivity index is 1.34. The molecule has 1 saturated heterocycles. The van der Waals surface area contributed by atoms with Crippen molar-refractivity contribution in [2.75, 3.05) is 32.7 Å². The molecule has 0 bridgehead atoms. The second kappa shape index (κ2) is 20.7. The number of rotatable bonds is 21. The van der Waals surface area contributed by atoms with E-state index in [1.54, 1.807) is 6.20 Å². The maximum Gasteiger partial charge on any atom is 0.322 e. The number of nitrogens with one attached hydrogen (secondary N) is 8. The Morgan fingerprint density at radius 1 is 0.842 bits per heavy atom. The van der Waals surface area contributed by atoms with E-state index in [2.05, 4.69) is 46.9 Å². The van der Waals surface area contributed by atoms with Crippen LogP contribution in [0.1, 0.15) is 36.9 Å². The smallest absolute Gasteiger partial charge is 0.322 e. The number of carbonyl (C=O) groups is 9. The molecule has 22 heteroatoms. The number of hydrogen-bond acceptors (Lipinski definition) is 11. The zero-order valence-corrected chi connectivity index (χ0v) is 30.8. The van der Waals surface area contributed by atoms with Crippen LogP contribution in [-0.4, -0.2) is 135 Å². The highest BCUT2D eigenvalue weighted by Gasteiger charge is 2.39. The fourth-order valence-electron chi connectivity index (χ4n) is 6.08. The molecule has 306 valence electrons. The molecule has 2 aromatic heterocycles. The number of nitrogens with zero attached hydrogens (tertiary/aromatic N) is 2. The molecule has 0 radical (unpaired) electrons. The summed E-state index contributed by atoms with van der Waals surface area (Å²) in [7, 11) is 0. The number of carboxylic acids is 1. The number of imidazole rings is 1. The summed E-state index contributed by atoms with van der Waals surface area (Å²) >= 11 is 0. The summed E-state index contributed by atoms with van der Waals surface area (Å²) in [6.45, 7) is -2.21. The number of likely N-dealkylation sites (tertiary alicyclic amines) is 1. The first-order valence-electron chi connectivity index (χ1n) is 18.0. The van der Waals surface area contributed by atoms with Crippen molar-refractivity contribution in [1.29, 1.82) is 0 Å². The maximum absolute atomic E-state index is 13.9. The summed E-state index contributed by atoms with van der Waals surface area (Å²) in [5.41, 5.74) is 13.6. The average Bonchev–Trinajstić information content (AvgIpc) is 3.97. The van der Waals surface area contributed by atoms with Crippen LogP contribution in [0, 0.1) is 0 Å². The van der Waals surface area contributed by atoms with Gasteiger partial charge < -0.3 is 63.3 Å². The van der Waals surface area contributed by atoms with Crippen molar-refractivity contribution >= 4 is 64.1 Å². The number of primary amides is 1. The fourth-order valence-corrected chi connectivity index (χ4v) is 6.08. The number of aliphatic carboxylic acids is 1. The minimum atomic E-state index is -1.30. The average molecular weight is 795 g/mol. The molecule has 0 aliphatic carbocycles.